The van der Waals surface area contributed by atoms with Crippen LogP contribution in [0.5, 0.6) is 0 Å². The summed E-state index contributed by atoms with van der Waals surface area (Å²) < 4.78 is 2.10. The van der Waals surface area contributed by atoms with E-state index in [0.717, 1.165) is 29.6 Å². The van der Waals surface area contributed by atoms with Crippen molar-refractivity contribution in [2.75, 3.05) is 0 Å². The van der Waals surface area contributed by atoms with E-state index < -0.39 is 0 Å². The molecule has 1 aromatic heterocycles. The number of benzene rings is 3. The molecule has 0 saturated heterocycles. The number of fused-ring (bicyclic) bond motifs is 1. The van der Waals surface area contributed by atoms with Gasteiger partial charge in [-0.25, -0.2) is 4.98 Å². The third-order valence-electron chi connectivity index (χ3n) is 4.99. The summed E-state index contributed by atoms with van der Waals surface area (Å²) in [6.45, 7) is 2.83. The van der Waals surface area contributed by atoms with Gasteiger partial charge < -0.3 is 9.88 Å². The largest absolute Gasteiger partial charge is 0.345 e. The molecule has 28 heavy (non-hydrogen) atoms. The van der Waals surface area contributed by atoms with E-state index in [-0.39, 0.29) is 11.9 Å². The number of hydrogen-bond donors (Lipinski definition) is 1. The van der Waals surface area contributed by atoms with Crippen LogP contribution >= 0.6 is 0 Å². The van der Waals surface area contributed by atoms with Crippen molar-refractivity contribution in [1.82, 2.24) is 14.9 Å². The Hall–Kier alpha value is -3.40. The molecule has 140 valence electrons. The second kappa shape index (κ2) is 8.09. The first-order valence-corrected chi connectivity index (χ1v) is 9.59. The quantitative estimate of drug-likeness (QED) is 0.522. The lowest BCUT2D eigenvalue weighted by Crippen LogP contribution is -2.28. The van der Waals surface area contributed by atoms with Crippen molar-refractivity contribution in [3.05, 3.63) is 102 Å². The Bertz CT molecular complexity index is 1070. The number of imidazole rings is 1. The summed E-state index contributed by atoms with van der Waals surface area (Å²) >= 11 is 0. The molecular formula is C24H23N3O. The average molecular weight is 369 g/mol. The number of rotatable bonds is 6. The minimum Gasteiger partial charge on any atom is -0.345 e. The molecule has 4 heteroatoms. The van der Waals surface area contributed by atoms with Gasteiger partial charge in [0, 0.05) is 12.1 Å². The maximum absolute atomic E-state index is 12.8. The van der Waals surface area contributed by atoms with Crippen LogP contribution in [0, 0.1) is 0 Å². The smallest absolute Gasteiger partial charge is 0.251 e. The minimum absolute atomic E-state index is 0.0000324. The van der Waals surface area contributed by atoms with Crippen LogP contribution in [0.4, 0.5) is 0 Å². The van der Waals surface area contributed by atoms with E-state index in [1.54, 1.807) is 0 Å². The van der Waals surface area contributed by atoms with Crippen molar-refractivity contribution in [3.8, 4) is 0 Å². The highest BCUT2D eigenvalue weighted by Crippen LogP contribution is 2.19. The molecule has 0 aliphatic carbocycles. The number of nitrogens with zero attached hydrogens (tertiary/aromatic N) is 2. The Morgan fingerprint density at radius 3 is 2.43 bits per heavy atom. The standard InChI is InChI=1S/C24H23N3O/c1-2-21(19-11-7-4-8-12-19)26-24(28)20-13-14-23-22(15-20)25-17-27(23)16-18-9-5-3-6-10-18/h3-15,17,21H,2,16H2,1H3,(H,26,28)/t21-/m1/s1. The van der Waals surface area contributed by atoms with Crippen molar-refractivity contribution in [3.63, 3.8) is 0 Å². The molecule has 0 aliphatic rings. The number of carbonyl (C=O) groups excluding carboxylic acids is 1. The molecular weight excluding hydrogens is 346 g/mol. The fourth-order valence-electron chi connectivity index (χ4n) is 3.46. The molecule has 1 heterocycles. The normalized spacial score (nSPS) is 12.0. The fraction of sp³-hybridized carbons (Fsp3) is 0.167. The SMILES string of the molecule is CC[C@@H](NC(=O)c1ccc2c(c1)ncn2Cc1ccccc1)c1ccccc1. The first-order valence-electron chi connectivity index (χ1n) is 9.59. The molecule has 4 aromatic rings. The van der Waals surface area contributed by atoms with E-state index in [0.29, 0.717) is 5.56 Å². The van der Waals surface area contributed by atoms with Gasteiger partial charge in [0.2, 0.25) is 0 Å². The molecule has 0 bridgehead atoms. The topological polar surface area (TPSA) is 46.9 Å². The highest BCUT2D eigenvalue weighted by atomic mass is 16.1. The van der Waals surface area contributed by atoms with Crippen LogP contribution in [0.2, 0.25) is 0 Å². The second-order valence-corrected chi connectivity index (χ2v) is 6.91. The zero-order chi connectivity index (χ0) is 19.3. The third-order valence-corrected chi connectivity index (χ3v) is 4.99. The van der Waals surface area contributed by atoms with Crippen molar-refractivity contribution in [2.45, 2.75) is 25.9 Å². The van der Waals surface area contributed by atoms with Crippen molar-refractivity contribution < 1.29 is 4.79 Å². The molecule has 0 radical (unpaired) electrons. The van der Waals surface area contributed by atoms with Gasteiger partial charge in [-0.05, 0) is 35.7 Å². The maximum Gasteiger partial charge on any atom is 0.251 e. The van der Waals surface area contributed by atoms with Crippen LogP contribution < -0.4 is 5.32 Å². The number of aromatic nitrogens is 2. The van der Waals surface area contributed by atoms with Gasteiger partial charge in [0.05, 0.1) is 23.4 Å². The van der Waals surface area contributed by atoms with Gasteiger partial charge >= 0.3 is 0 Å². The van der Waals surface area contributed by atoms with Crippen LogP contribution in [-0.2, 0) is 6.54 Å². The predicted octanol–water partition coefficient (Wildman–Crippen LogP) is 4.97. The summed E-state index contributed by atoms with van der Waals surface area (Å²) in [4.78, 5) is 17.3. The lowest BCUT2D eigenvalue weighted by molar-refractivity contribution is 0.0935. The summed E-state index contributed by atoms with van der Waals surface area (Å²) in [5.74, 6) is -0.0739. The lowest BCUT2D eigenvalue weighted by Gasteiger charge is -2.17. The zero-order valence-electron chi connectivity index (χ0n) is 15.9. The monoisotopic (exact) mass is 369 g/mol. The molecule has 0 spiro atoms. The zero-order valence-corrected chi connectivity index (χ0v) is 15.9. The lowest BCUT2D eigenvalue weighted by atomic mass is 10.0. The van der Waals surface area contributed by atoms with Crippen LogP contribution in [-0.4, -0.2) is 15.5 Å². The predicted molar refractivity (Wildman–Crippen MR) is 112 cm³/mol. The Morgan fingerprint density at radius 2 is 1.71 bits per heavy atom. The van der Waals surface area contributed by atoms with Gasteiger partial charge in [-0.15, -0.1) is 0 Å². The first-order chi connectivity index (χ1) is 13.7. The van der Waals surface area contributed by atoms with Gasteiger partial charge in [-0.3, -0.25) is 4.79 Å². The number of hydrogen-bond acceptors (Lipinski definition) is 2. The molecule has 0 unspecified atom stereocenters. The first kappa shape index (κ1) is 18.0. The number of carbonyl (C=O) groups is 1. The third kappa shape index (κ3) is 3.81. The second-order valence-electron chi connectivity index (χ2n) is 6.91. The van der Waals surface area contributed by atoms with Gasteiger partial charge in [0.15, 0.2) is 0 Å². The van der Waals surface area contributed by atoms with E-state index in [9.17, 15) is 4.79 Å². The minimum atomic E-state index is -0.0739. The molecule has 0 saturated carbocycles. The van der Waals surface area contributed by atoms with Gasteiger partial charge in [-0.2, -0.15) is 0 Å². The summed E-state index contributed by atoms with van der Waals surface area (Å²) in [6.07, 6.45) is 2.67. The Balaban J connectivity index is 1.54. The van der Waals surface area contributed by atoms with Gasteiger partial charge in [0.1, 0.15) is 0 Å². The Labute approximate surface area is 164 Å². The Morgan fingerprint density at radius 1 is 1.00 bits per heavy atom. The average Bonchev–Trinajstić information content (AvgIpc) is 3.15. The highest BCUT2D eigenvalue weighted by Gasteiger charge is 2.15. The summed E-state index contributed by atoms with van der Waals surface area (Å²) in [6, 6.07) is 26.1. The van der Waals surface area contributed by atoms with Crippen LogP contribution in [0.1, 0.15) is 40.9 Å². The molecule has 4 nitrogen and oxygen atoms in total. The Kier molecular flexibility index (Phi) is 5.20. The molecule has 1 N–H and O–H groups in total. The van der Waals surface area contributed by atoms with E-state index in [1.807, 2.05) is 73.1 Å². The molecule has 4 rings (SSSR count). The summed E-state index contributed by atoms with van der Waals surface area (Å²) in [7, 11) is 0. The van der Waals surface area contributed by atoms with Crippen molar-refractivity contribution >= 4 is 16.9 Å². The van der Waals surface area contributed by atoms with Crippen molar-refractivity contribution in [2.24, 2.45) is 0 Å². The number of amides is 1. The maximum atomic E-state index is 12.8. The van der Waals surface area contributed by atoms with E-state index in [4.69, 9.17) is 0 Å². The number of nitrogens with one attached hydrogen (secondary N) is 1. The van der Waals surface area contributed by atoms with Crippen molar-refractivity contribution in [1.29, 1.82) is 0 Å². The van der Waals surface area contributed by atoms with E-state index in [2.05, 4.69) is 33.9 Å². The van der Waals surface area contributed by atoms with E-state index in [1.165, 1.54) is 5.56 Å². The van der Waals surface area contributed by atoms with Crippen LogP contribution in [0.25, 0.3) is 11.0 Å². The molecule has 0 fully saturated rings. The summed E-state index contributed by atoms with van der Waals surface area (Å²) in [5.41, 5.74) is 4.82. The highest BCUT2D eigenvalue weighted by molar-refractivity contribution is 5.97. The molecule has 3 aromatic carbocycles. The fourth-order valence-corrected chi connectivity index (χ4v) is 3.46. The molecule has 1 amide bonds. The van der Waals surface area contributed by atoms with Gasteiger partial charge in [0.25, 0.3) is 5.91 Å². The van der Waals surface area contributed by atoms with E-state index >= 15 is 0 Å². The summed E-state index contributed by atoms with van der Waals surface area (Å²) in [5, 5.41) is 3.14. The molecule has 0 aliphatic heterocycles. The van der Waals surface area contributed by atoms with Crippen LogP contribution in [0.3, 0.4) is 0 Å². The molecule has 1 atom stereocenters. The van der Waals surface area contributed by atoms with Crippen LogP contribution in [0.15, 0.2) is 85.2 Å². The van der Waals surface area contributed by atoms with Gasteiger partial charge in [-0.1, -0.05) is 67.6 Å².